The molecule has 0 bridgehead atoms. The number of hydrogen-bond donors (Lipinski definition) is 2. The van der Waals surface area contributed by atoms with Crippen molar-refractivity contribution in [3.63, 3.8) is 0 Å². The molecule has 1 fully saturated rings. The van der Waals surface area contributed by atoms with Gasteiger partial charge in [0.05, 0.1) is 25.4 Å². The number of benzene rings is 2. The van der Waals surface area contributed by atoms with Crippen molar-refractivity contribution in [1.82, 2.24) is 14.8 Å². The van der Waals surface area contributed by atoms with Crippen molar-refractivity contribution in [2.45, 2.75) is 19.9 Å². The molecule has 2 aliphatic heterocycles. The van der Waals surface area contributed by atoms with E-state index in [0.29, 0.717) is 31.7 Å². The van der Waals surface area contributed by atoms with E-state index in [4.69, 9.17) is 9.47 Å². The summed E-state index contributed by atoms with van der Waals surface area (Å²) in [7, 11) is 1.35. The van der Waals surface area contributed by atoms with E-state index in [0.717, 1.165) is 72.7 Å². The summed E-state index contributed by atoms with van der Waals surface area (Å²) in [5.74, 6) is 0.703. The number of ether oxygens (including phenoxy) is 2. The molecule has 0 saturated carbocycles. The minimum absolute atomic E-state index is 0.0366. The molecule has 5 rings (SSSR count). The van der Waals surface area contributed by atoms with E-state index in [1.807, 2.05) is 36.5 Å². The van der Waals surface area contributed by atoms with Crippen LogP contribution in [-0.4, -0.2) is 85.5 Å². The minimum Gasteiger partial charge on any atom is -0.491 e. The third-order valence-corrected chi connectivity index (χ3v) is 7.42. The van der Waals surface area contributed by atoms with Gasteiger partial charge in [-0.1, -0.05) is 13.0 Å². The number of aromatic nitrogens is 1. The zero-order valence-corrected chi connectivity index (χ0v) is 23.0. The molecule has 3 aromatic rings. The monoisotopic (exact) mass is 549 g/mol. The first-order valence-electron chi connectivity index (χ1n) is 13.7. The largest absolute Gasteiger partial charge is 0.491 e. The second kappa shape index (κ2) is 12.6. The van der Waals surface area contributed by atoms with Gasteiger partial charge in [-0.25, -0.2) is 9.37 Å². The molecule has 9 nitrogen and oxygen atoms in total. The van der Waals surface area contributed by atoms with Crippen molar-refractivity contribution in [3.8, 4) is 16.9 Å². The van der Waals surface area contributed by atoms with Crippen LogP contribution >= 0.6 is 0 Å². The van der Waals surface area contributed by atoms with Gasteiger partial charge in [-0.15, -0.1) is 0 Å². The lowest BCUT2D eigenvalue weighted by Crippen LogP contribution is -2.39. The first-order chi connectivity index (χ1) is 19.4. The Kier molecular flexibility index (Phi) is 8.78. The predicted octanol–water partition coefficient (Wildman–Crippen LogP) is 4.05. The van der Waals surface area contributed by atoms with Gasteiger partial charge in [0.2, 0.25) is 0 Å². The Balaban J connectivity index is 1.29. The number of hydroxylamine groups is 1. The molecule has 212 valence electrons. The molecule has 40 heavy (non-hydrogen) atoms. The maximum Gasteiger partial charge on any atom is 0.254 e. The average molecular weight is 550 g/mol. The molecule has 1 aromatic heterocycles. The van der Waals surface area contributed by atoms with E-state index < -0.39 is 5.82 Å². The molecule has 0 aliphatic carbocycles. The molecule has 1 amide bonds. The number of nitrogens with one attached hydrogen (secondary N) is 1. The molecular weight excluding hydrogens is 513 g/mol. The Morgan fingerprint density at radius 3 is 2.62 bits per heavy atom. The van der Waals surface area contributed by atoms with Crippen molar-refractivity contribution < 1.29 is 23.9 Å². The van der Waals surface area contributed by atoms with Gasteiger partial charge in [-0.05, 0) is 48.4 Å². The molecule has 0 radical (unpaired) electrons. The highest BCUT2D eigenvalue weighted by Gasteiger charge is 2.26. The highest BCUT2D eigenvalue weighted by Crippen LogP contribution is 2.31. The van der Waals surface area contributed by atoms with E-state index in [1.54, 1.807) is 17.9 Å². The van der Waals surface area contributed by atoms with Crippen LogP contribution in [0.15, 0.2) is 48.7 Å². The summed E-state index contributed by atoms with van der Waals surface area (Å²) >= 11 is 0. The second-order valence-electron chi connectivity index (χ2n) is 10.0. The van der Waals surface area contributed by atoms with Gasteiger partial charge >= 0.3 is 0 Å². The Morgan fingerprint density at radius 2 is 1.90 bits per heavy atom. The molecule has 1 saturated heterocycles. The number of halogens is 1. The molecule has 2 N–H and O–H groups in total. The normalized spacial score (nSPS) is 15.7. The van der Waals surface area contributed by atoms with Crippen LogP contribution in [0, 0.1) is 5.82 Å². The van der Waals surface area contributed by atoms with E-state index in [2.05, 4.69) is 15.2 Å². The fourth-order valence-electron chi connectivity index (χ4n) is 5.16. The van der Waals surface area contributed by atoms with Crippen LogP contribution in [0.2, 0.25) is 0 Å². The molecular formula is C30H36FN5O4. The quantitative estimate of drug-likeness (QED) is 0.407. The van der Waals surface area contributed by atoms with Crippen LogP contribution in [0.1, 0.15) is 28.4 Å². The molecule has 3 heterocycles. The fraction of sp³-hybridized carbons (Fsp3) is 0.400. The van der Waals surface area contributed by atoms with Crippen LogP contribution in [-0.2, 0) is 17.7 Å². The van der Waals surface area contributed by atoms with Crippen molar-refractivity contribution in [2.75, 3.05) is 70.0 Å². The summed E-state index contributed by atoms with van der Waals surface area (Å²) in [6.07, 6.45) is 2.17. The third kappa shape index (κ3) is 6.19. The summed E-state index contributed by atoms with van der Waals surface area (Å²) in [5.41, 5.74) is 3.43. The number of fused-ring (bicyclic) bond motifs is 1. The number of hydrogen-bond acceptors (Lipinski definition) is 8. The van der Waals surface area contributed by atoms with Crippen LogP contribution in [0.4, 0.5) is 15.9 Å². The lowest BCUT2D eigenvalue weighted by atomic mass is 10.0. The van der Waals surface area contributed by atoms with E-state index in [9.17, 15) is 10.0 Å². The zero-order chi connectivity index (χ0) is 28.1. The molecule has 2 aromatic carbocycles. The highest BCUT2D eigenvalue weighted by molar-refractivity contribution is 5.96. The standard InChI is InChI=1S/C30H36FN5O4/c1-3-24-25(6-7-26(29(24)31)34(2)38)30(37)36-14-17-40-27-8-4-21(18-23(27)20-36)22-5-9-28(33-19-22)32-10-11-35-12-15-39-16-13-35/h4-9,18-19,38H,3,10-17,20H2,1-2H3,(H,32,33). The summed E-state index contributed by atoms with van der Waals surface area (Å²) in [5, 5.41) is 13.8. The third-order valence-electron chi connectivity index (χ3n) is 7.42. The van der Waals surface area contributed by atoms with E-state index in [1.165, 1.54) is 13.1 Å². The van der Waals surface area contributed by atoms with Gasteiger partial charge in [0.15, 0.2) is 5.82 Å². The number of carbonyl (C=O) groups is 1. The van der Waals surface area contributed by atoms with Gasteiger partial charge in [0.25, 0.3) is 5.91 Å². The van der Waals surface area contributed by atoms with Crippen LogP contribution < -0.4 is 15.1 Å². The summed E-state index contributed by atoms with van der Waals surface area (Å²) in [6.45, 7) is 8.11. The Bertz CT molecular complexity index is 1330. The Morgan fingerprint density at radius 1 is 1.10 bits per heavy atom. The number of pyridine rings is 1. The SMILES string of the molecule is CCc1c(C(=O)N2CCOc3ccc(-c4ccc(NCCN5CCOCC5)nc4)cc3C2)ccc(N(C)O)c1F. The van der Waals surface area contributed by atoms with Crippen molar-refractivity contribution in [3.05, 3.63) is 71.2 Å². The highest BCUT2D eigenvalue weighted by atomic mass is 19.1. The maximum atomic E-state index is 15.0. The topological polar surface area (TPSA) is 90.4 Å². The maximum absolute atomic E-state index is 15.0. The van der Waals surface area contributed by atoms with Gasteiger partial charge in [0, 0.05) is 68.2 Å². The lowest BCUT2D eigenvalue weighted by Gasteiger charge is -2.26. The van der Waals surface area contributed by atoms with Gasteiger partial charge in [-0.3, -0.25) is 20.0 Å². The summed E-state index contributed by atoms with van der Waals surface area (Å²) in [4.78, 5) is 22.2. The van der Waals surface area contributed by atoms with E-state index in [-0.39, 0.29) is 17.2 Å². The Hall–Kier alpha value is -3.73. The first-order valence-corrected chi connectivity index (χ1v) is 13.7. The zero-order valence-electron chi connectivity index (χ0n) is 23.0. The van der Waals surface area contributed by atoms with Crippen molar-refractivity contribution >= 4 is 17.4 Å². The van der Waals surface area contributed by atoms with Crippen LogP contribution in [0.3, 0.4) is 0 Å². The predicted molar refractivity (Wildman–Crippen MR) is 152 cm³/mol. The number of carbonyl (C=O) groups excluding carboxylic acids is 1. The number of rotatable bonds is 8. The Labute approximate surface area is 234 Å². The molecule has 0 unspecified atom stereocenters. The average Bonchev–Trinajstić information content (AvgIpc) is 3.19. The molecule has 2 aliphatic rings. The van der Waals surface area contributed by atoms with Crippen molar-refractivity contribution in [1.29, 1.82) is 0 Å². The first kappa shape index (κ1) is 27.8. The minimum atomic E-state index is -0.585. The van der Waals surface area contributed by atoms with Crippen LogP contribution in [0.25, 0.3) is 11.1 Å². The van der Waals surface area contributed by atoms with E-state index >= 15 is 4.39 Å². The lowest BCUT2D eigenvalue weighted by molar-refractivity contribution is 0.0398. The van der Waals surface area contributed by atoms with Gasteiger partial charge in [-0.2, -0.15) is 0 Å². The van der Waals surface area contributed by atoms with Crippen molar-refractivity contribution in [2.24, 2.45) is 0 Å². The number of anilines is 2. The number of morpholine rings is 1. The van der Waals surface area contributed by atoms with Crippen LogP contribution in [0.5, 0.6) is 5.75 Å². The summed E-state index contributed by atoms with van der Waals surface area (Å²) < 4.78 is 26.4. The van der Waals surface area contributed by atoms with Gasteiger partial charge in [0.1, 0.15) is 18.2 Å². The number of amides is 1. The smallest absolute Gasteiger partial charge is 0.254 e. The summed E-state index contributed by atoms with van der Waals surface area (Å²) in [6, 6.07) is 13.0. The van der Waals surface area contributed by atoms with Gasteiger partial charge < -0.3 is 19.7 Å². The molecule has 0 atom stereocenters. The molecule has 10 heteroatoms. The number of nitrogens with zero attached hydrogens (tertiary/aromatic N) is 4. The molecule has 0 spiro atoms. The second-order valence-corrected chi connectivity index (χ2v) is 10.0. The fourth-order valence-corrected chi connectivity index (χ4v) is 5.16.